The van der Waals surface area contributed by atoms with Gasteiger partial charge < -0.3 is 10.1 Å². The van der Waals surface area contributed by atoms with E-state index in [1.165, 1.54) is 13.2 Å². The molecule has 23 heavy (non-hydrogen) atoms. The summed E-state index contributed by atoms with van der Waals surface area (Å²) in [5, 5.41) is 2.27. The standard InChI is InChI=1S/C14H11F2NO5S/c1-22-13-3-2-11(23(19,20)21)7-12(13)17-14(18)8-4-9(15)6-10(16)5-8/h2-7H,1H3,(H,17,18)(H,19,20,21). The Morgan fingerprint density at radius 3 is 2.26 bits per heavy atom. The van der Waals surface area contributed by atoms with Gasteiger partial charge in [0.1, 0.15) is 17.4 Å². The molecule has 0 aromatic heterocycles. The number of hydrogen-bond acceptors (Lipinski definition) is 4. The lowest BCUT2D eigenvalue weighted by molar-refractivity contribution is 0.102. The van der Waals surface area contributed by atoms with Crippen LogP contribution in [0, 0.1) is 11.6 Å². The maximum Gasteiger partial charge on any atom is 0.294 e. The van der Waals surface area contributed by atoms with E-state index < -0.39 is 32.6 Å². The van der Waals surface area contributed by atoms with Gasteiger partial charge in [-0.15, -0.1) is 0 Å². The van der Waals surface area contributed by atoms with Crippen LogP contribution in [0.15, 0.2) is 41.3 Å². The molecule has 0 aliphatic rings. The number of halogens is 2. The van der Waals surface area contributed by atoms with Gasteiger partial charge in [-0.05, 0) is 30.3 Å². The van der Waals surface area contributed by atoms with Gasteiger partial charge >= 0.3 is 0 Å². The number of amides is 1. The molecule has 0 atom stereocenters. The van der Waals surface area contributed by atoms with Crippen LogP contribution >= 0.6 is 0 Å². The predicted octanol–water partition coefficient (Wildman–Crippen LogP) is 2.47. The molecule has 0 aliphatic heterocycles. The minimum absolute atomic E-state index is 0.0858. The molecule has 0 spiro atoms. The summed E-state index contributed by atoms with van der Waals surface area (Å²) in [6.45, 7) is 0. The molecule has 0 radical (unpaired) electrons. The highest BCUT2D eigenvalue weighted by atomic mass is 32.2. The number of benzene rings is 2. The molecule has 122 valence electrons. The van der Waals surface area contributed by atoms with Gasteiger partial charge in [-0.25, -0.2) is 8.78 Å². The predicted molar refractivity (Wildman–Crippen MR) is 77.1 cm³/mol. The first kappa shape index (κ1) is 16.8. The number of carbonyl (C=O) groups excluding carboxylic acids is 1. The molecule has 2 aromatic carbocycles. The van der Waals surface area contributed by atoms with Crippen LogP contribution in [0.2, 0.25) is 0 Å². The number of methoxy groups -OCH3 is 1. The van der Waals surface area contributed by atoms with Crippen molar-refractivity contribution in [3.05, 3.63) is 53.6 Å². The summed E-state index contributed by atoms with van der Waals surface area (Å²) >= 11 is 0. The second-order valence-electron chi connectivity index (χ2n) is 4.45. The van der Waals surface area contributed by atoms with Gasteiger partial charge in [0.25, 0.3) is 16.0 Å². The van der Waals surface area contributed by atoms with Crippen molar-refractivity contribution >= 4 is 21.7 Å². The van der Waals surface area contributed by atoms with Gasteiger partial charge in [-0.3, -0.25) is 9.35 Å². The lowest BCUT2D eigenvalue weighted by atomic mass is 10.2. The molecule has 0 saturated carbocycles. The summed E-state index contributed by atoms with van der Waals surface area (Å²) in [5.41, 5.74) is -0.390. The smallest absolute Gasteiger partial charge is 0.294 e. The van der Waals surface area contributed by atoms with E-state index >= 15 is 0 Å². The molecular formula is C14H11F2NO5S. The van der Waals surface area contributed by atoms with Crippen molar-refractivity contribution in [2.45, 2.75) is 4.90 Å². The summed E-state index contributed by atoms with van der Waals surface area (Å²) in [5.74, 6) is -2.65. The largest absolute Gasteiger partial charge is 0.495 e. The van der Waals surface area contributed by atoms with Gasteiger partial charge in [0, 0.05) is 11.6 Å². The van der Waals surface area contributed by atoms with Crippen LogP contribution in [0.4, 0.5) is 14.5 Å². The molecule has 0 heterocycles. The highest BCUT2D eigenvalue weighted by Gasteiger charge is 2.16. The van der Waals surface area contributed by atoms with Crippen LogP contribution < -0.4 is 10.1 Å². The quantitative estimate of drug-likeness (QED) is 0.832. The van der Waals surface area contributed by atoms with Gasteiger partial charge in [0.15, 0.2) is 0 Å². The Labute approximate surface area is 130 Å². The zero-order chi connectivity index (χ0) is 17.2. The highest BCUT2D eigenvalue weighted by molar-refractivity contribution is 7.85. The van der Waals surface area contributed by atoms with Crippen molar-refractivity contribution in [2.75, 3.05) is 12.4 Å². The first-order valence-electron chi connectivity index (χ1n) is 6.13. The summed E-state index contributed by atoms with van der Waals surface area (Å²) in [6, 6.07) is 5.49. The summed E-state index contributed by atoms with van der Waals surface area (Å²) in [4.78, 5) is 11.6. The molecule has 1 amide bonds. The van der Waals surface area contributed by atoms with Crippen molar-refractivity contribution in [1.29, 1.82) is 0 Å². The minimum atomic E-state index is -4.49. The maximum absolute atomic E-state index is 13.1. The lowest BCUT2D eigenvalue weighted by Gasteiger charge is -2.11. The fraction of sp³-hybridized carbons (Fsp3) is 0.0714. The van der Waals surface area contributed by atoms with E-state index in [-0.39, 0.29) is 17.0 Å². The Morgan fingerprint density at radius 2 is 1.74 bits per heavy atom. The molecule has 0 bridgehead atoms. The number of hydrogen-bond donors (Lipinski definition) is 2. The first-order chi connectivity index (χ1) is 10.7. The number of anilines is 1. The molecule has 2 N–H and O–H groups in total. The van der Waals surface area contributed by atoms with Crippen LogP contribution in [0.3, 0.4) is 0 Å². The van der Waals surface area contributed by atoms with Crippen molar-refractivity contribution in [3.8, 4) is 5.75 Å². The van der Waals surface area contributed by atoms with E-state index in [1.807, 2.05) is 0 Å². The number of rotatable bonds is 4. The van der Waals surface area contributed by atoms with Gasteiger partial charge in [0.05, 0.1) is 17.7 Å². The molecule has 9 heteroatoms. The van der Waals surface area contributed by atoms with Crippen molar-refractivity contribution in [3.63, 3.8) is 0 Å². The van der Waals surface area contributed by atoms with Crippen LogP contribution in [-0.4, -0.2) is 26.0 Å². The van der Waals surface area contributed by atoms with Crippen LogP contribution in [0.1, 0.15) is 10.4 Å². The van der Waals surface area contributed by atoms with Crippen LogP contribution in [0.25, 0.3) is 0 Å². The maximum atomic E-state index is 13.1. The molecule has 2 rings (SSSR count). The van der Waals surface area contributed by atoms with Gasteiger partial charge in [-0.1, -0.05) is 0 Å². The second-order valence-corrected chi connectivity index (χ2v) is 5.87. The third-order valence-corrected chi connectivity index (χ3v) is 3.69. The fourth-order valence-electron chi connectivity index (χ4n) is 1.82. The second kappa shape index (κ2) is 6.31. The zero-order valence-corrected chi connectivity index (χ0v) is 12.5. The van der Waals surface area contributed by atoms with Gasteiger partial charge in [0.2, 0.25) is 0 Å². The SMILES string of the molecule is COc1ccc(S(=O)(=O)O)cc1NC(=O)c1cc(F)cc(F)c1. The number of ether oxygens (including phenoxy) is 1. The van der Waals surface area contributed by atoms with E-state index in [2.05, 4.69) is 5.32 Å². The summed E-state index contributed by atoms with van der Waals surface area (Å²) < 4.78 is 62.5. The Bertz CT molecular complexity index is 847. The number of nitrogens with one attached hydrogen (secondary N) is 1. The third-order valence-electron chi connectivity index (χ3n) is 2.84. The molecule has 0 fully saturated rings. The molecule has 0 aliphatic carbocycles. The average Bonchev–Trinajstić information content (AvgIpc) is 2.45. The van der Waals surface area contributed by atoms with Crippen molar-refractivity contribution < 1.29 is 31.3 Å². The van der Waals surface area contributed by atoms with E-state index in [0.717, 1.165) is 24.3 Å². The molecule has 0 unspecified atom stereocenters. The molecule has 2 aromatic rings. The third kappa shape index (κ3) is 4.02. The fourth-order valence-corrected chi connectivity index (χ4v) is 2.33. The molecule has 6 nitrogen and oxygen atoms in total. The van der Waals surface area contributed by atoms with E-state index in [0.29, 0.717) is 6.07 Å². The lowest BCUT2D eigenvalue weighted by Crippen LogP contribution is -2.14. The summed E-state index contributed by atoms with van der Waals surface area (Å²) in [7, 11) is -3.21. The minimum Gasteiger partial charge on any atom is -0.495 e. The van der Waals surface area contributed by atoms with Crippen molar-refractivity contribution in [2.24, 2.45) is 0 Å². The van der Waals surface area contributed by atoms with E-state index in [9.17, 15) is 22.0 Å². The Balaban J connectivity index is 2.40. The topological polar surface area (TPSA) is 92.7 Å². The van der Waals surface area contributed by atoms with Crippen LogP contribution in [-0.2, 0) is 10.1 Å². The van der Waals surface area contributed by atoms with Gasteiger partial charge in [-0.2, -0.15) is 8.42 Å². The Hall–Kier alpha value is -2.52. The van der Waals surface area contributed by atoms with Crippen LogP contribution in [0.5, 0.6) is 5.75 Å². The Morgan fingerprint density at radius 1 is 1.13 bits per heavy atom. The first-order valence-corrected chi connectivity index (χ1v) is 7.57. The Kier molecular flexibility index (Phi) is 4.62. The monoisotopic (exact) mass is 343 g/mol. The normalized spacial score (nSPS) is 11.1. The zero-order valence-electron chi connectivity index (χ0n) is 11.7. The number of carbonyl (C=O) groups is 1. The highest BCUT2D eigenvalue weighted by Crippen LogP contribution is 2.28. The molecule has 0 saturated heterocycles. The van der Waals surface area contributed by atoms with E-state index in [4.69, 9.17) is 9.29 Å². The van der Waals surface area contributed by atoms with Crippen molar-refractivity contribution in [1.82, 2.24) is 0 Å². The summed E-state index contributed by atoms with van der Waals surface area (Å²) in [6.07, 6.45) is 0. The molecular weight excluding hydrogens is 332 g/mol. The average molecular weight is 343 g/mol. The van der Waals surface area contributed by atoms with E-state index in [1.54, 1.807) is 0 Å².